The number of hydrogen-bond donors (Lipinski definition) is 2. The SMILES string of the molecule is COc1ccccc1CN(C)C(=O)CNc1cccc(CO)c1. The summed E-state index contributed by atoms with van der Waals surface area (Å²) in [5.41, 5.74) is 2.59. The summed E-state index contributed by atoms with van der Waals surface area (Å²) < 4.78 is 5.30. The molecule has 2 aromatic rings. The Morgan fingerprint density at radius 2 is 2.00 bits per heavy atom. The van der Waals surface area contributed by atoms with Gasteiger partial charge < -0.3 is 20.1 Å². The molecule has 0 aliphatic rings. The molecule has 0 heterocycles. The number of methoxy groups -OCH3 is 1. The third-order valence-electron chi connectivity index (χ3n) is 3.58. The van der Waals surface area contributed by atoms with Gasteiger partial charge >= 0.3 is 0 Å². The third-order valence-corrected chi connectivity index (χ3v) is 3.58. The number of benzene rings is 2. The van der Waals surface area contributed by atoms with Crippen LogP contribution in [0.2, 0.25) is 0 Å². The molecule has 0 bridgehead atoms. The van der Waals surface area contributed by atoms with E-state index in [4.69, 9.17) is 9.84 Å². The molecular weight excluding hydrogens is 292 g/mol. The zero-order valence-corrected chi connectivity index (χ0v) is 13.5. The van der Waals surface area contributed by atoms with Gasteiger partial charge in [0.1, 0.15) is 5.75 Å². The van der Waals surface area contributed by atoms with Crippen molar-refractivity contribution in [3.63, 3.8) is 0 Å². The van der Waals surface area contributed by atoms with Crippen molar-refractivity contribution in [1.29, 1.82) is 0 Å². The van der Waals surface area contributed by atoms with Gasteiger partial charge in [0.25, 0.3) is 0 Å². The van der Waals surface area contributed by atoms with E-state index in [0.717, 1.165) is 22.6 Å². The summed E-state index contributed by atoms with van der Waals surface area (Å²) in [6.07, 6.45) is 0. The zero-order valence-electron chi connectivity index (χ0n) is 13.5. The maximum absolute atomic E-state index is 12.2. The molecule has 0 fully saturated rings. The number of ether oxygens (including phenoxy) is 1. The molecule has 0 saturated heterocycles. The summed E-state index contributed by atoms with van der Waals surface area (Å²) in [4.78, 5) is 13.9. The number of carbonyl (C=O) groups excluding carboxylic acids is 1. The fourth-order valence-electron chi connectivity index (χ4n) is 2.27. The molecule has 23 heavy (non-hydrogen) atoms. The van der Waals surface area contributed by atoms with Gasteiger partial charge in [-0.25, -0.2) is 0 Å². The molecular formula is C18H22N2O3. The number of nitrogens with zero attached hydrogens (tertiary/aromatic N) is 1. The van der Waals surface area contributed by atoms with Crippen LogP contribution in [0, 0.1) is 0 Å². The summed E-state index contributed by atoms with van der Waals surface area (Å²) in [6, 6.07) is 15.0. The van der Waals surface area contributed by atoms with Crippen molar-refractivity contribution in [2.75, 3.05) is 26.0 Å². The summed E-state index contributed by atoms with van der Waals surface area (Å²) in [7, 11) is 3.39. The van der Waals surface area contributed by atoms with E-state index in [1.165, 1.54) is 0 Å². The highest BCUT2D eigenvalue weighted by Crippen LogP contribution is 2.18. The summed E-state index contributed by atoms with van der Waals surface area (Å²) in [5, 5.41) is 12.2. The average molecular weight is 314 g/mol. The molecule has 0 aromatic heterocycles. The Bertz CT molecular complexity index is 658. The predicted molar refractivity (Wildman–Crippen MR) is 90.3 cm³/mol. The van der Waals surface area contributed by atoms with E-state index in [2.05, 4.69) is 5.32 Å². The van der Waals surface area contributed by atoms with Crippen LogP contribution in [0.1, 0.15) is 11.1 Å². The van der Waals surface area contributed by atoms with Crippen LogP contribution < -0.4 is 10.1 Å². The van der Waals surface area contributed by atoms with Crippen LogP contribution in [-0.2, 0) is 17.9 Å². The first kappa shape index (κ1) is 16.8. The number of carbonyl (C=O) groups is 1. The second-order valence-corrected chi connectivity index (χ2v) is 5.27. The van der Waals surface area contributed by atoms with Crippen molar-refractivity contribution in [3.8, 4) is 5.75 Å². The molecule has 2 N–H and O–H groups in total. The van der Waals surface area contributed by atoms with Gasteiger partial charge in [-0.05, 0) is 23.8 Å². The lowest BCUT2D eigenvalue weighted by Crippen LogP contribution is -2.31. The second-order valence-electron chi connectivity index (χ2n) is 5.27. The fourth-order valence-corrected chi connectivity index (χ4v) is 2.27. The van der Waals surface area contributed by atoms with Crippen LogP contribution in [0.25, 0.3) is 0 Å². The Labute approximate surface area is 136 Å². The first-order chi connectivity index (χ1) is 11.1. The molecule has 2 rings (SSSR count). The van der Waals surface area contributed by atoms with E-state index in [-0.39, 0.29) is 19.1 Å². The smallest absolute Gasteiger partial charge is 0.241 e. The minimum absolute atomic E-state index is 0.0167. The topological polar surface area (TPSA) is 61.8 Å². The zero-order chi connectivity index (χ0) is 16.7. The number of nitrogens with one attached hydrogen (secondary N) is 1. The van der Waals surface area contributed by atoms with Gasteiger partial charge in [0.2, 0.25) is 5.91 Å². The molecule has 0 aliphatic carbocycles. The highest BCUT2D eigenvalue weighted by Gasteiger charge is 2.11. The predicted octanol–water partition coefficient (Wildman–Crippen LogP) is 2.26. The van der Waals surface area contributed by atoms with Gasteiger partial charge in [-0.2, -0.15) is 0 Å². The Hall–Kier alpha value is -2.53. The summed E-state index contributed by atoms with van der Waals surface area (Å²) in [6.45, 7) is 0.666. The fraction of sp³-hybridized carbons (Fsp3) is 0.278. The van der Waals surface area contributed by atoms with Gasteiger partial charge in [0, 0.05) is 24.8 Å². The van der Waals surface area contributed by atoms with E-state index < -0.39 is 0 Å². The third kappa shape index (κ3) is 4.72. The minimum atomic E-state index is -0.0229. The van der Waals surface area contributed by atoms with Gasteiger partial charge in [0.15, 0.2) is 0 Å². The second kappa shape index (κ2) is 8.19. The molecule has 0 radical (unpaired) electrons. The Morgan fingerprint density at radius 3 is 2.74 bits per heavy atom. The van der Waals surface area contributed by atoms with Crippen molar-refractivity contribution in [1.82, 2.24) is 4.90 Å². The number of aliphatic hydroxyl groups excluding tert-OH is 1. The maximum atomic E-state index is 12.2. The number of aliphatic hydroxyl groups is 1. The van der Waals surface area contributed by atoms with E-state index >= 15 is 0 Å². The van der Waals surface area contributed by atoms with E-state index in [9.17, 15) is 4.79 Å². The molecule has 0 unspecified atom stereocenters. The normalized spacial score (nSPS) is 10.2. The van der Waals surface area contributed by atoms with Crippen LogP contribution in [0.4, 0.5) is 5.69 Å². The minimum Gasteiger partial charge on any atom is -0.496 e. The maximum Gasteiger partial charge on any atom is 0.241 e. The molecule has 2 aromatic carbocycles. The molecule has 0 aliphatic heterocycles. The number of amides is 1. The largest absolute Gasteiger partial charge is 0.496 e. The highest BCUT2D eigenvalue weighted by molar-refractivity contribution is 5.80. The Kier molecular flexibility index (Phi) is 6.00. The van der Waals surface area contributed by atoms with Crippen LogP contribution >= 0.6 is 0 Å². The van der Waals surface area contributed by atoms with Crippen molar-refractivity contribution in [2.24, 2.45) is 0 Å². The van der Waals surface area contributed by atoms with Crippen molar-refractivity contribution >= 4 is 11.6 Å². The molecule has 5 nitrogen and oxygen atoms in total. The molecule has 0 spiro atoms. The monoisotopic (exact) mass is 314 g/mol. The van der Waals surface area contributed by atoms with Gasteiger partial charge in [-0.1, -0.05) is 30.3 Å². The first-order valence-electron chi connectivity index (χ1n) is 7.43. The van der Waals surface area contributed by atoms with Crippen molar-refractivity contribution < 1.29 is 14.6 Å². The number of rotatable bonds is 7. The summed E-state index contributed by atoms with van der Waals surface area (Å²) >= 11 is 0. The Balaban J connectivity index is 1.92. The highest BCUT2D eigenvalue weighted by atomic mass is 16.5. The van der Waals surface area contributed by atoms with Gasteiger partial charge in [0.05, 0.1) is 20.3 Å². The molecule has 5 heteroatoms. The standard InChI is InChI=1S/C18H22N2O3/c1-20(12-15-7-3-4-9-17(15)23-2)18(22)11-19-16-8-5-6-14(10-16)13-21/h3-10,19,21H,11-13H2,1-2H3. The van der Waals surface area contributed by atoms with Gasteiger partial charge in [-0.15, -0.1) is 0 Å². The lowest BCUT2D eigenvalue weighted by Gasteiger charge is -2.19. The number of hydrogen-bond acceptors (Lipinski definition) is 4. The van der Waals surface area contributed by atoms with Gasteiger partial charge in [-0.3, -0.25) is 4.79 Å². The lowest BCUT2D eigenvalue weighted by molar-refractivity contribution is -0.128. The van der Waals surface area contributed by atoms with Crippen LogP contribution in [-0.4, -0.2) is 36.6 Å². The molecule has 0 atom stereocenters. The molecule has 0 saturated carbocycles. The number of anilines is 1. The van der Waals surface area contributed by atoms with E-state index in [0.29, 0.717) is 6.54 Å². The quantitative estimate of drug-likeness (QED) is 0.823. The number of para-hydroxylation sites is 1. The summed E-state index contributed by atoms with van der Waals surface area (Å²) in [5.74, 6) is 0.751. The van der Waals surface area contributed by atoms with Crippen LogP contribution in [0.15, 0.2) is 48.5 Å². The lowest BCUT2D eigenvalue weighted by atomic mass is 10.2. The van der Waals surface area contributed by atoms with Crippen LogP contribution in [0.3, 0.4) is 0 Å². The van der Waals surface area contributed by atoms with Crippen molar-refractivity contribution in [3.05, 3.63) is 59.7 Å². The average Bonchev–Trinajstić information content (AvgIpc) is 2.60. The van der Waals surface area contributed by atoms with E-state index in [1.54, 1.807) is 19.1 Å². The number of likely N-dealkylation sites (N-methyl/N-ethyl adjacent to an activating group) is 1. The molecule has 122 valence electrons. The van der Waals surface area contributed by atoms with Crippen LogP contribution in [0.5, 0.6) is 5.75 Å². The van der Waals surface area contributed by atoms with Crippen molar-refractivity contribution in [2.45, 2.75) is 13.2 Å². The molecule has 1 amide bonds. The van der Waals surface area contributed by atoms with E-state index in [1.807, 2.05) is 48.5 Å². The first-order valence-corrected chi connectivity index (χ1v) is 7.43. The Morgan fingerprint density at radius 1 is 1.22 bits per heavy atom.